The molecule has 2 aliphatic heterocycles. The third-order valence-corrected chi connectivity index (χ3v) is 6.03. The molecule has 2 heterocycles. The van der Waals surface area contributed by atoms with Crippen LogP contribution in [0.1, 0.15) is 61.9 Å². The first kappa shape index (κ1) is 20.4. The van der Waals surface area contributed by atoms with Gasteiger partial charge in [-0.1, -0.05) is 0 Å². The first-order chi connectivity index (χ1) is 13.4. The van der Waals surface area contributed by atoms with E-state index >= 15 is 0 Å². The van der Waals surface area contributed by atoms with E-state index in [0.29, 0.717) is 12.1 Å². The second-order valence-corrected chi connectivity index (χ2v) is 8.17. The molecule has 1 aromatic carbocycles. The maximum atomic E-state index is 12.8. The number of aryl methyl sites for hydroxylation is 1. The largest absolute Gasteiger partial charge is 0.342 e. The lowest BCUT2D eigenvalue weighted by atomic mass is 9.96. The molecule has 2 atom stereocenters. The van der Waals surface area contributed by atoms with E-state index < -0.39 is 0 Å². The van der Waals surface area contributed by atoms with E-state index in [9.17, 15) is 14.4 Å². The van der Waals surface area contributed by atoms with E-state index in [4.69, 9.17) is 0 Å². The van der Waals surface area contributed by atoms with Gasteiger partial charge in [0.1, 0.15) is 0 Å². The molecule has 6 nitrogen and oxygen atoms in total. The fourth-order valence-corrected chi connectivity index (χ4v) is 4.21. The Hall–Kier alpha value is -2.37. The molecule has 0 aromatic heterocycles. The van der Waals surface area contributed by atoms with E-state index in [1.54, 1.807) is 17.9 Å². The molecule has 3 amide bonds. The molecular formula is C22H31N3O3. The minimum absolute atomic E-state index is 0.0171. The highest BCUT2D eigenvalue weighted by atomic mass is 16.2. The molecular weight excluding hydrogens is 354 g/mol. The van der Waals surface area contributed by atoms with Crippen LogP contribution < -0.4 is 5.32 Å². The molecule has 2 unspecified atom stereocenters. The van der Waals surface area contributed by atoms with Gasteiger partial charge in [0.2, 0.25) is 11.8 Å². The fraction of sp³-hybridized carbons (Fsp3) is 0.591. The van der Waals surface area contributed by atoms with Crippen LogP contribution >= 0.6 is 0 Å². The summed E-state index contributed by atoms with van der Waals surface area (Å²) in [6, 6.07) is 5.76. The zero-order valence-corrected chi connectivity index (χ0v) is 17.2. The molecule has 0 aliphatic carbocycles. The quantitative estimate of drug-likeness (QED) is 0.869. The molecule has 2 fully saturated rings. The van der Waals surface area contributed by atoms with Crippen molar-refractivity contribution in [2.45, 2.75) is 58.9 Å². The number of nitrogens with zero attached hydrogens (tertiary/aromatic N) is 2. The van der Waals surface area contributed by atoms with Crippen LogP contribution in [0.3, 0.4) is 0 Å². The van der Waals surface area contributed by atoms with Crippen LogP contribution in [0.5, 0.6) is 0 Å². The Morgan fingerprint density at radius 2 is 1.86 bits per heavy atom. The molecule has 28 heavy (non-hydrogen) atoms. The number of likely N-dealkylation sites (tertiary alicyclic amines) is 2. The third kappa shape index (κ3) is 4.54. The number of hydrogen-bond donors (Lipinski definition) is 1. The molecule has 0 radical (unpaired) electrons. The second-order valence-electron chi connectivity index (χ2n) is 8.17. The molecule has 0 spiro atoms. The molecule has 1 aromatic rings. The topological polar surface area (TPSA) is 69.7 Å². The Labute approximate surface area is 167 Å². The minimum Gasteiger partial charge on any atom is -0.342 e. The Kier molecular flexibility index (Phi) is 6.37. The van der Waals surface area contributed by atoms with Crippen LogP contribution in [-0.2, 0) is 9.59 Å². The lowest BCUT2D eigenvalue weighted by Crippen LogP contribution is -2.43. The highest BCUT2D eigenvalue weighted by Gasteiger charge is 2.28. The minimum atomic E-state index is -0.187. The van der Waals surface area contributed by atoms with Gasteiger partial charge in [0.05, 0.1) is 5.92 Å². The molecule has 2 saturated heterocycles. The summed E-state index contributed by atoms with van der Waals surface area (Å²) in [6.07, 6.45) is 4.92. The molecule has 2 aliphatic rings. The summed E-state index contributed by atoms with van der Waals surface area (Å²) in [5.74, 6) is -0.161. The number of piperidine rings is 2. The summed E-state index contributed by atoms with van der Waals surface area (Å²) >= 11 is 0. The number of amides is 3. The van der Waals surface area contributed by atoms with Crippen molar-refractivity contribution in [3.63, 3.8) is 0 Å². The average Bonchev–Trinajstić information content (AvgIpc) is 2.69. The number of carbonyl (C=O) groups excluding carboxylic acids is 3. The Bertz CT molecular complexity index is 761. The second kappa shape index (κ2) is 8.76. The first-order valence-electron chi connectivity index (χ1n) is 10.3. The van der Waals surface area contributed by atoms with E-state index in [0.717, 1.165) is 50.0 Å². The molecule has 3 rings (SSSR count). The smallest absolute Gasteiger partial charge is 0.254 e. The average molecular weight is 386 g/mol. The zero-order valence-electron chi connectivity index (χ0n) is 17.2. The molecule has 6 heteroatoms. The molecule has 0 saturated carbocycles. The number of benzene rings is 1. The summed E-state index contributed by atoms with van der Waals surface area (Å²) in [6.45, 7) is 7.57. The summed E-state index contributed by atoms with van der Waals surface area (Å²) in [5, 5.41) is 2.99. The van der Waals surface area contributed by atoms with E-state index in [1.807, 2.05) is 24.0 Å². The standard InChI is InChI=1S/C22H31N3O3/c1-15-13-18(22(28)25-12-5-4-7-16(25)2)9-10-20(15)23-21(27)19-8-6-11-24(14-19)17(3)26/h9-10,13,16,19H,4-8,11-12,14H2,1-3H3,(H,23,27). The number of hydrogen-bond acceptors (Lipinski definition) is 3. The molecule has 1 N–H and O–H groups in total. The lowest BCUT2D eigenvalue weighted by molar-refractivity contribution is -0.132. The predicted molar refractivity (Wildman–Crippen MR) is 109 cm³/mol. The van der Waals surface area contributed by atoms with Crippen molar-refractivity contribution >= 4 is 23.4 Å². The number of nitrogens with one attached hydrogen (secondary N) is 1. The van der Waals surface area contributed by atoms with Crippen molar-refractivity contribution in [1.82, 2.24) is 9.80 Å². The SMILES string of the molecule is CC(=O)N1CCCC(C(=O)Nc2ccc(C(=O)N3CCCCC3C)cc2C)C1. The molecule has 152 valence electrons. The maximum Gasteiger partial charge on any atom is 0.254 e. The van der Waals surface area contributed by atoms with Gasteiger partial charge in [0.15, 0.2) is 0 Å². The van der Waals surface area contributed by atoms with Gasteiger partial charge in [-0.2, -0.15) is 0 Å². The maximum absolute atomic E-state index is 12.8. The predicted octanol–water partition coefficient (Wildman–Crippen LogP) is 3.21. The lowest BCUT2D eigenvalue weighted by Gasteiger charge is -2.33. The van der Waals surface area contributed by atoms with E-state index in [1.165, 1.54) is 6.42 Å². The normalized spacial score (nSPS) is 22.7. The van der Waals surface area contributed by atoms with Gasteiger partial charge in [-0.25, -0.2) is 0 Å². The highest BCUT2D eigenvalue weighted by Crippen LogP contribution is 2.24. The summed E-state index contributed by atoms with van der Waals surface area (Å²) in [5.41, 5.74) is 2.28. The summed E-state index contributed by atoms with van der Waals surface area (Å²) < 4.78 is 0. The van der Waals surface area contributed by atoms with Gasteiger partial charge in [0.25, 0.3) is 5.91 Å². The van der Waals surface area contributed by atoms with Crippen LogP contribution in [0, 0.1) is 12.8 Å². The number of anilines is 1. The van der Waals surface area contributed by atoms with Gasteiger partial charge in [-0.15, -0.1) is 0 Å². The van der Waals surface area contributed by atoms with Crippen LogP contribution in [0.15, 0.2) is 18.2 Å². The van der Waals surface area contributed by atoms with Crippen LogP contribution in [-0.4, -0.2) is 53.2 Å². The summed E-state index contributed by atoms with van der Waals surface area (Å²) in [7, 11) is 0. The van der Waals surface area contributed by atoms with Crippen molar-refractivity contribution < 1.29 is 14.4 Å². The third-order valence-electron chi connectivity index (χ3n) is 6.03. The van der Waals surface area contributed by atoms with Gasteiger partial charge >= 0.3 is 0 Å². The Balaban J connectivity index is 1.66. The Morgan fingerprint density at radius 3 is 2.54 bits per heavy atom. The van der Waals surface area contributed by atoms with Gasteiger partial charge < -0.3 is 15.1 Å². The van der Waals surface area contributed by atoms with E-state index in [-0.39, 0.29) is 29.7 Å². The monoisotopic (exact) mass is 385 g/mol. The number of carbonyl (C=O) groups is 3. The zero-order chi connectivity index (χ0) is 20.3. The highest BCUT2D eigenvalue weighted by molar-refractivity contribution is 5.97. The van der Waals surface area contributed by atoms with Crippen molar-refractivity contribution in [3.05, 3.63) is 29.3 Å². The molecule has 0 bridgehead atoms. The van der Waals surface area contributed by atoms with Crippen molar-refractivity contribution in [2.24, 2.45) is 5.92 Å². The van der Waals surface area contributed by atoms with Gasteiger partial charge in [-0.05, 0) is 69.7 Å². The number of rotatable bonds is 3. The Morgan fingerprint density at radius 1 is 1.07 bits per heavy atom. The van der Waals surface area contributed by atoms with Crippen molar-refractivity contribution in [1.29, 1.82) is 0 Å². The van der Waals surface area contributed by atoms with Crippen molar-refractivity contribution in [3.8, 4) is 0 Å². The first-order valence-corrected chi connectivity index (χ1v) is 10.3. The summed E-state index contributed by atoms with van der Waals surface area (Å²) in [4.78, 5) is 40.8. The van der Waals surface area contributed by atoms with Crippen LogP contribution in [0.2, 0.25) is 0 Å². The van der Waals surface area contributed by atoms with Gasteiger partial charge in [0, 0.05) is 43.9 Å². The van der Waals surface area contributed by atoms with E-state index in [2.05, 4.69) is 12.2 Å². The fourth-order valence-electron chi connectivity index (χ4n) is 4.21. The van der Waals surface area contributed by atoms with Crippen LogP contribution in [0.25, 0.3) is 0 Å². The van der Waals surface area contributed by atoms with Crippen LogP contribution in [0.4, 0.5) is 5.69 Å². The van der Waals surface area contributed by atoms with Crippen molar-refractivity contribution in [2.75, 3.05) is 25.0 Å². The van der Waals surface area contributed by atoms with Gasteiger partial charge in [-0.3, -0.25) is 14.4 Å².